The van der Waals surface area contributed by atoms with Crippen LogP contribution in [0.25, 0.3) is 0 Å². The maximum Gasteiger partial charge on any atom is 0.146 e. The normalized spacial score (nSPS) is 12.2. The number of hydrogen-bond acceptors (Lipinski definition) is 3. The first kappa shape index (κ1) is 14.3. The Morgan fingerprint density at radius 3 is 2.74 bits per heavy atom. The molecule has 2 rings (SSSR count). The first-order valence-corrected chi connectivity index (χ1v) is 7.04. The highest BCUT2D eigenvalue weighted by atomic mass is 79.9. The second kappa shape index (κ2) is 6.37. The molecule has 1 N–H and O–H groups in total. The molecule has 100 valence electrons. The van der Waals surface area contributed by atoms with Crippen molar-refractivity contribution in [2.75, 3.05) is 0 Å². The zero-order chi connectivity index (χ0) is 13.8. The van der Waals surface area contributed by atoms with E-state index in [0.717, 1.165) is 4.47 Å². The summed E-state index contributed by atoms with van der Waals surface area (Å²) in [5.74, 6) is 1.15. The zero-order valence-corrected chi connectivity index (χ0v) is 12.6. The standard InChI is InChI=1S/C14H13BrClNO2/c1-2-13(18)12-5-4-10(8-17-12)19-14-6-3-9(15)7-11(14)16/h3-8,13,18H,2H2,1H3/t13-/m1/s1. The Hall–Kier alpha value is -1.10. The molecule has 0 aliphatic carbocycles. The summed E-state index contributed by atoms with van der Waals surface area (Å²) >= 11 is 9.40. The Morgan fingerprint density at radius 1 is 1.37 bits per heavy atom. The third kappa shape index (κ3) is 3.69. The topological polar surface area (TPSA) is 42.4 Å². The maximum absolute atomic E-state index is 9.65. The van der Waals surface area contributed by atoms with Gasteiger partial charge < -0.3 is 9.84 Å². The highest BCUT2D eigenvalue weighted by Gasteiger charge is 2.08. The summed E-state index contributed by atoms with van der Waals surface area (Å²) in [6, 6.07) is 8.90. The van der Waals surface area contributed by atoms with Crippen LogP contribution in [0.4, 0.5) is 0 Å². The Balaban J connectivity index is 2.15. The van der Waals surface area contributed by atoms with E-state index >= 15 is 0 Å². The molecule has 0 saturated carbocycles. The van der Waals surface area contributed by atoms with E-state index in [-0.39, 0.29) is 0 Å². The third-order valence-electron chi connectivity index (χ3n) is 2.61. The van der Waals surface area contributed by atoms with Crippen LogP contribution in [0.1, 0.15) is 25.1 Å². The van der Waals surface area contributed by atoms with Crippen molar-refractivity contribution in [3.8, 4) is 11.5 Å². The summed E-state index contributed by atoms with van der Waals surface area (Å²) in [4.78, 5) is 4.17. The molecule has 0 amide bonds. The molecule has 0 bridgehead atoms. The van der Waals surface area contributed by atoms with Gasteiger partial charge >= 0.3 is 0 Å². The van der Waals surface area contributed by atoms with Crippen molar-refractivity contribution >= 4 is 27.5 Å². The van der Waals surface area contributed by atoms with Crippen LogP contribution in [0.2, 0.25) is 5.02 Å². The van der Waals surface area contributed by atoms with E-state index in [1.807, 2.05) is 13.0 Å². The van der Waals surface area contributed by atoms with E-state index in [1.165, 1.54) is 0 Å². The van der Waals surface area contributed by atoms with Gasteiger partial charge in [0.15, 0.2) is 0 Å². The summed E-state index contributed by atoms with van der Waals surface area (Å²) in [5.41, 5.74) is 0.636. The number of halogens is 2. The van der Waals surface area contributed by atoms with Gasteiger partial charge in [-0.05, 0) is 36.8 Å². The quantitative estimate of drug-likeness (QED) is 0.873. The van der Waals surface area contributed by atoms with Gasteiger partial charge in [0.1, 0.15) is 11.5 Å². The molecule has 1 aromatic heterocycles. The van der Waals surface area contributed by atoms with Gasteiger partial charge in [-0.2, -0.15) is 0 Å². The predicted molar refractivity (Wildman–Crippen MR) is 78.7 cm³/mol. The van der Waals surface area contributed by atoms with Gasteiger partial charge in [0.25, 0.3) is 0 Å². The molecular weight excluding hydrogens is 330 g/mol. The summed E-state index contributed by atoms with van der Waals surface area (Å²) < 4.78 is 6.53. The molecular formula is C14H13BrClNO2. The lowest BCUT2D eigenvalue weighted by atomic mass is 10.2. The second-order valence-electron chi connectivity index (χ2n) is 4.02. The second-order valence-corrected chi connectivity index (χ2v) is 5.34. The van der Waals surface area contributed by atoms with Crippen molar-refractivity contribution in [2.24, 2.45) is 0 Å². The number of hydrogen-bond donors (Lipinski definition) is 1. The Bertz CT molecular complexity index is 560. The Kier molecular flexibility index (Phi) is 4.80. The van der Waals surface area contributed by atoms with Gasteiger partial charge in [-0.3, -0.25) is 4.98 Å². The highest BCUT2D eigenvalue weighted by molar-refractivity contribution is 9.10. The van der Waals surface area contributed by atoms with Crippen molar-refractivity contribution in [3.05, 3.63) is 51.7 Å². The lowest BCUT2D eigenvalue weighted by molar-refractivity contribution is 0.169. The number of aromatic nitrogens is 1. The van der Waals surface area contributed by atoms with Crippen LogP contribution in [0.3, 0.4) is 0 Å². The molecule has 2 aromatic rings. The Morgan fingerprint density at radius 2 is 2.16 bits per heavy atom. The van der Waals surface area contributed by atoms with E-state index in [0.29, 0.717) is 28.6 Å². The summed E-state index contributed by atoms with van der Waals surface area (Å²) in [7, 11) is 0. The van der Waals surface area contributed by atoms with Gasteiger partial charge in [-0.15, -0.1) is 0 Å². The van der Waals surface area contributed by atoms with Crippen LogP contribution in [-0.4, -0.2) is 10.1 Å². The number of benzene rings is 1. The van der Waals surface area contributed by atoms with Crippen molar-refractivity contribution < 1.29 is 9.84 Å². The van der Waals surface area contributed by atoms with E-state index in [1.54, 1.807) is 30.5 Å². The molecule has 3 nitrogen and oxygen atoms in total. The van der Waals surface area contributed by atoms with Crippen molar-refractivity contribution in [3.63, 3.8) is 0 Å². The minimum absolute atomic E-state index is 0.520. The molecule has 19 heavy (non-hydrogen) atoms. The molecule has 0 fully saturated rings. The zero-order valence-electron chi connectivity index (χ0n) is 10.3. The fourth-order valence-electron chi connectivity index (χ4n) is 1.54. The lowest BCUT2D eigenvalue weighted by Gasteiger charge is -2.10. The smallest absolute Gasteiger partial charge is 0.146 e. The number of aliphatic hydroxyl groups excluding tert-OH is 1. The highest BCUT2D eigenvalue weighted by Crippen LogP contribution is 2.31. The Labute approximate surface area is 125 Å². The molecule has 0 aliphatic heterocycles. The van der Waals surface area contributed by atoms with E-state index in [2.05, 4.69) is 20.9 Å². The first-order valence-electron chi connectivity index (χ1n) is 5.87. The number of nitrogens with zero attached hydrogens (tertiary/aromatic N) is 1. The van der Waals surface area contributed by atoms with Crippen LogP contribution in [-0.2, 0) is 0 Å². The predicted octanol–water partition coefficient (Wildman–Crippen LogP) is 4.73. The minimum atomic E-state index is -0.537. The number of rotatable bonds is 4. The molecule has 0 unspecified atom stereocenters. The fourth-order valence-corrected chi connectivity index (χ4v) is 2.26. The van der Waals surface area contributed by atoms with E-state index in [9.17, 15) is 5.11 Å². The lowest BCUT2D eigenvalue weighted by Crippen LogP contribution is -1.98. The monoisotopic (exact) mass is 341 g/mol. The molecule has 0 saturated heterocycles. The van der Waals surface area contributed by atoms with Crippen LogP contribution in [0.15, 0.2) is 41.0 Å². The van der Waals surface area contributed by atoms with Gasteiger partial charge in [0.05, 0.1) is 23.0 Å². The van der Waals surface area contributed by atoms with E-state index < -0.39 is 6.10 Å². The van der Waals surface area contributed by atoms with E-state index in [4.69, 9.17) is 16.3 Å². The van der Waals surface area contributed by atoms with Crippen LogP contribution >= 0.6 is 27.5 Å². The molecule has 0 spiro atoms. The van der Waals surface area contributed by atoms with Crippen molar-refractivity contribution in [1.29, 1.82) is 0 Å². The molecule has 1 heterocycles. The van der Waals surface area contributed by atoms with Gasteiger partial charge in [0, 0.05) is 4.47 Å². The van der Waals surface area contributed by atoms with Crippen molar-refractivity contribution in [1.82, 2.24) is 4.98 Å². The molecule has 5 heteroatoms. The third-order valence-corrected chi connectivity index (χ3v) is 3.40. The van der Waals surface area contributed by atoms with Crippen LogP contribution in [0, 0.1) is 0 Å². The molecule has 0 radical (unpaired) electrons. The molecule has 0 aliphatic rings. The average molecular weight is 343 g/mol. The molecule has 1 atom stereocenters. The summed E-state index contributed by atoms with van der Waals surface area (Å²) in [6.07, 6.45) is 1.67. The maximum atomic E-state index is 9.65. The fraction of sp³-hybridized carbons (Fsp3) is 0.214. The number of ether oxygens (including phenoxy) is 1. The summed E-state index contributed by atoms with van der Waals surface area (Å²) in [5, 5.41) is 10.2. The minimum Gasteiger partial charge on any atom is -0.454 e. The van der Waals surface area contributed by atoms with Gasteiger partial charge in [-0.1, -0.05) is 34.5 Å². The SMILES string of the molecule is CC[C@@H](O)c1ccc(Oc2ccc(Br)cc2Cl)cn1. The largest absolute Gasteiger partial charge is 0.454 e. The van der Waals surface area contributed by atoms with Crippen LogP contribution in [0.5, 0.6) is 11.5 Å². The van der Waals surface area contributed by atoms with Crippen LogP contribution < -0.4 is 4.74 Å². The van der Waals surface area contributed by atoms with Crippen molar-refractivity contribution in [2.45, 2.75) is 19.4 Å². The van der Waals surface area contributed by atoms with Gasteiger partial charge in [-0.25, -0.2) is 0 Å². The number of aliphatic hydroxyl groups is 1. The number of pyridine rings is 1. The first-order chi connectivity index (χ1) is 9.10. The molecule has 1 aromatic carbocycles. The average Bonchev–Trinajstić information content (AvgIpc) is 2.42. The van der Waals surface area contributed by atoms with Gasteiger partial charge in [0.2, 0.25) is 0 Å². The summed E-state index contributed by atoms with van der Waals surface area (Å²) in [6.45, 7) is 1.90.